The molecule has 0 radical (unpaired) electrons. The molecule has 0 unspecified atom stereocenters. The number of rotatable bonds is 4. The summed E-state index contributed by atoms with van der Waals surface area (Å²) in [6.07, 6.45) is 1.83. The van der Waals surface area contributed by atoms with Crippen LogP contribution in [0.25, 0.3) is 22.8 Å². The number of nitrogens with one attached hydrogen (secondary N) is 2. The standard InChI is InChI=1S/C23H18ClN3O/c1-15-11-12-19-20(13-15)26-22(25-19)21(14-17-9-5-6-10-18(17)24)27-23(28)16-7-3-2-4-8-16/h2-14H,1H3,(H,25,26)(H,27,28)/b21-14+. The molecule has 0 saturated carbocycles. The van der Waals surface area contributed by atoms with Gasteiger partial charge in [0.2, 0.25) is 0 Å². The van der Waals surface area contributed by atoms with E-state index in [1.165, 1.54) is 0 Å². The molecule has 1 heterocycles. The van der Waals surface area contributed by atoms with Crippen LogP contribution in [0.15, 0.2) is 72.8 Å². The van der Waals surface area contributed by atoms with Gasteiger partial charge in [-0.1, -0.05) is 54.1 Å². The van der Waals surface area contributed by atoms with Crippen LogP contribution in [0.5, 0.6) is 0 Å². The number of carbonyl (C=O) groups is 1. The highest BCUT2D eigenvalue weighted by Crippen LogP contribution is 2.23. The molecule has 5 heteroatoms. The Bertz CT molecular complexity index is 1180. The summed E-state index contributed by atoms with van der Waals surface area (Å²) in [5, 5.41) is 3.57. The highest BCUT2D eigenvalue weighted by molar-refractivity contribution is 6.32. The van der Waals surface area contributed by atoms with Gasteiger partial charge in [-0.2, -0.15) is 0 Å². The van der Waals surface area contributed by atoms with Crippen LogP contribution in [-0.4, -0.2) is 15.9 Å². The van der Waals surface area contributed by atoms with Crippen LogP contribution in [-0.2, 0) is 0 Å². The first-order valence-corrected chi connectivity index (χ1v) is 9.27. The van der Waals surface area contributed by atoms with E-state index in [4.69, 9.17) is 11.6 Å². The van der Waals surface area contributed by atoms with Gasteiger partial charge in [0.05, 0.1) is 16.7 Å². The first-order valence-electron chi connectivity index (χ1n) is 8.89. The topological polar surface area (TPSA) is 57.8 Å². The summed E-state index contributed by atoms with van der Waals surface area (Å²) in [6, 6.07) is 22.5. The zero-order valence-electron chi connectivity index (χ0n) is 15.2. The van der Waals surface area contributed by atoms with E-state index in [-0.39, 0.29) is 5.91 Å². The van der Waals surface area contributed by atoms with Gasteiger partial charge in [-0.25, -0.2) is 4.98 Å². The molecule has 0 aliphatic carbocycles. The molecular formula is C23H18ClN3O. The number of halogens is 1. The van der Waals surface area contributed by atoms with Crippen LogP contribution in [0.4, 0.5) is 0 Å². The molecule has 4 rings (SSSR count). The number of nitrogens with zero attached hydrogens (tertiary/aromatic N) is 1. The number of aryl methyl sites for hydroxylation is 1. The summed E-state index contributed by atoms with van der Waals surface area (Å²) in [6.45, 7) is 2.03. The summed E-state index contributed by atoms with van der Waals surface area (Å²) in [4.78, 5) is 20.7. The summed E-state index contributed by atoms with van der Waals surface area (Å²) in [7, 11) is 0. The van der Waals surface area contributed by atoms with Gasteiger partial charge in [0, 0.05) is 10.6 Å². The first kappa shape index (κ1) is 18.0. The first-order chi connectivity index (χ1) is 13.6. The van der Waals surface area contributed by atoms with Crippen LogP contribution in [0, 0.1) is 6.92 Å². The third-order valence-corrected chi connectivity index (χ3v) is 4.73. The highest BCUT2D eigenvalue weighted by atomic mass is 35.5. The predicted molar refractivity (Wildman–Crippen MR) is 114 cm³/mol. The van der Waals surface area contributed by atoms with E-state index in [0.29, 0.717) is 22.1 Å². The minimum atomic E-state index is -0.212. The maximum Gasteiger partial charge on any atom is 0.255 e. The van der Waals surface area contributed by atoms with E-state index in [9.17, 15) is 4.79 Å². The monoisotopic (exact) mass is 387 g/mol. The van der Waals surface area contributed by atoms with E-state index in [2.05, 4.69) is 15.3 Å². The number of hydrogen-bond donors (Lipinski definition) is 2. The van der Waals surface area contributed by atoms with Gasteiger partial charge in [0.25, 0.3) is 5.91 Å². The van der Waals surface area contributed by atoms with Gasteiger partial charge in [0.15, 0.2) is 5.82 Å². The fraction of sp³-hybridized carbons (Fsp3) is 0.0435. The van der Waals surface area contributed by atoms with Crippen LogP contribution in [0.2, 0.25) is 5.02 Å². The SMILES string of the molecule is Cc1ccc2nc(/C(=C\c3ccccc3Cl)NC(=O)c3ccccc3)[nH]c2c1. The molecule has 1 aromatic heterocycles. The van der Waals surface area contributed by atoms with E-state index in [1.54, 1.807) is 12.1 Å². The molecular weight excluding hydrogens is 370 g/mol. The number of aromatic amines is 1. The fourth-order valence-corrected chi connectivity index (χ4v) is 3.14. The third kappa shape index (κ3) is 3.82. The lowest BCUT2D eigenvalue weighted by Crippen LogP contribution is -2.22. The van der Waals surface area contributed by atoms with Crippen molar-refractivity contribution in [2.75, 3.05) is 0 Å². The Labute approximate surface area is 167 Å². The van der Waals surface area contributed by atoms with Gasteiger partial charge in [0.1, 0.15) is 0 Å². The van der Waals surface area contributed by atoms with E-state index in [0.717, 1.165) is 22.2 Å². The second-order valence-corrected chi connectivity index (χ2v) is 6.91. The summed E-state index contributed by atoms with van der Waals surface area (Å²) in [5.41, 5.74) is 4.79. The van der Waals surface area contributed by atoms with Gasteiger partial charge in [-0.3, -0.25) is 4.79 Å². The van der Waals surface area contributed by atoms with Crippen molar-refractivity contribution in [3.05, 3.63) is 100 Å². The Balaban J connectivity index is 1.78. The lowest BCUT2D eigenvalue weighted by Gasteiger charge is -2.09. The molecule has 28 heavy (non-hydrogen) atoms. The molecule has 0 atom stereocenters. The van der Waals surface area contributed by atoms with Crippen molar-refractivity contribution in [1.82, 2.24) is 15.3 Å². The number of H-pyrrole nitrogens is 1. The summed E-state index contributed by atoms with van der Waals surface area (Å²) < 4.78 is 0. The number of imidazole rings is 1. The lowest BCUT2D eigenvalue weighted by molar-refractivity contribution is 0.0973. The Morgan fingerprint density at radius 1 is 1.04 bits per heavy atom. The largest absolute Gasteiger partial charge is 0.337 e. The molecule has 0 fully saturated rings. The molecule has 0 spiro atoms. The van der Waals surface area contributed by atoms with E-state index < -0.39 is 0 Å². The molecule has 0 aliphatic heterocycles. The number of fused-ring (bicyclic) bond motifs is 1. The van der Waals surface area contributed by atoms with Crippen molar-refractivity contribution >= 4 is 40.3 Å². The van der Waals surface area contributed by atoms with Gasteiger partial charge in [-0.15, -0.1) is 0 Å². The minimum absolute atomic E-state index is 0.212. The van der Waals surface area contributed by atoms with E-state index in [1.807, 2.05) is 73.7 Å². The molecule has 2 N–H and O–H groups in total. The predicted octanol–water partition coefficient (Wildman–Crippen LogP) is 5.45. The second-order valence-electron chi connectivity index (χ2n) is 6.51. The van der Waals surface area contributed by atoms with Crippen molar-refractivity contribution < 1.29 is 4.79 Å². The zero-order chi connectivity index (χ0) is 19.5. The average Bonchev–Trinajstić information content (AvgIpc) is 3.13. The van der Waals surface area contributed by atoms with Gasteiger partial charge >= 0.3 is 0 Å². The third-order valence-electron chi connectivity index (χ3n) is 4.38. The van der Waals surface area contributed by atoms with Gasteiger partial charge in [-0.05, 0) is 54.5 Å². The van der Waals surface area contributed by atoms with Crippen molar-refractivity contribution in [2.45, 2.75) is 6.92 Å². The number of benzene rings is 3. The van der Waals surface area contributed by atoms with Crippen molar-refractivity contribution in [1.29, 1.82) is 0 Å². The zero-order valence-corrected chi connectivity index (χ0v) is 16.0. The molecule has 0 bridgehead atoms. The van der Waals surface area contributed by atoms with Crippen LogP contribution >= 0.6 is 11.6 Å². The fourth-order valence-electron chi connectivity index (χ4n) is 2.95. The van der Waals surface area contributed by atoms with Crippen LogP contribution in [0.1, 0.15) is 27.3 Å². The van der Waals surface area contributed by atoms with Crippen molar-refractivity contribution in [3.63, 3.8) is 0 Å². The molecule has 0 aliphatic rings. The normalized spacial score (nSPS) is 11.6. The van der Waals surface area contributed by atoms with Gasteiger partial charge < -0.3 is 10.3 Å². The average molecular weight is 388 g/mol. The van der Waals surface area contributed by atoms with Crippen molar-refractivity contribution in [2.24, 2.45) is 0 Å². The molecule has 1 amide bonds. The smallest absolute Gasteiger partial charge is 0.255 e. The number of amides is 1. The Kier molecular flexibility index (Phi) is 4.96. The molecule has 4 aromatic rings. The summed E-state index contributed by atoms with van der Waals surface area (Å²) >= 11 is 6.32. The Morgan fingerprint density at radius 3 is 2.57 bits per heavy atom. The summed E-state index contributed by atoms with van der Waals surface area (Å²) in [5.74, 6) is 0.361. The molecule has 0 saturated heterocycles. The second kappa shape index (κ2) is 7.71. The van der Waals surface area contributed by atoms with Crippen molar-refractivity contribution in [3.8, 4) is 0 Å². The Morgan fingerprint density at radius 2 is 1.79 bits per heavy atom. The lowest BCUT2D eigenvalue weighted by atomic mass is 10.1. The molecule has 138 valence electrons. The number of carbonyl (C=O) groups excluding carboxylic acids is 1. The Hall–Kier alpha value is -3.37. The van der Waals surface area contributed by atoms with Crippen LogP contribution in [0.3, 0.4) is 0 Å². The molecule has 4 nitrogen and oxygen atoms in total. The highest BCUT2D eigenvalue weighted by Gasteiger charge is 2.14. The number of aromatic nitrogens is 2. The minimum Gasteiger partial charge on any atom is -0.337 e. The number of hydrogen-bond acceptors (Lipinski definition) is 2. The maximum absolute atomic E-state index is 12.7. The van der Waals surface area contributed by atoms with E-state index >= 15 is 0 Å². The van der Waals surface area contributed by atoms with Crippen LogP contribution < -0.4 is 5.32 Å². The quantitative estimate of drug-likeness (QED) is 0.489. The molecule has 3 aromatic carbocycles. The maximum atomic E-state index is 12.7.